The molecule has 2 aromatic carbocycles. The van der Waals surface area contributed by atoms with Gasteiger partial charge in [0.05, 0.1) is 17.5 Å². The Morgan fingerprint density at radius 3 is 2.24 bits per heavy atom. The van der Waals surface area contributed by atoms with Gasteiger partial charge < -0.3 is 4.90 Å². The normalized spacial score (nSPS) is 24.0. The van der Waals surface area contributed by atoms with Crippen molar-refractivity contribution in [3.8, 4) is 0 Å². The van der Waals surface area contributed by atoms with E-state index in [1.807, 2.05) is 53.4 Å². The monoisotopic (exact) mass is 428 g/mol. The Bertz CT molecular complexity index is 991. The summed E-state index contributed by atoms with van der Waals surface area (Å²) in [7, 11) is -3.02. The minimum atomic E-state index is -3.02. The third-order valence-corrected chi connectivity index (χ3v) is 8.60. The molecule has 0 saturated carbocycles. The lowest BCUT2D eigenvalue weighted by atomic mass is 10.1. The summed E-state index contributed by atoms with van der Waals surface area (Å²) in [5.41, 5.74) is 2.31. The van der Waals surface area contributed by atoms with Crippen LogP contribution in [0.4, 0.5) is 0 Å². The van der Waals surface area contributed by atoms with Gasteiger partial charge >= 0.3 is 0 Å². The summed E-state index contributed by atoms with van der Waals surface area (Å²) >= 11 is 1.45. The SMILES string of the molecule is O=C(CCc1ccccc1)N=C1SC2CS(=O)(=O)CC2N1CCc1ccccc1. The number of nitrogens with zero attached hydrogens (tertiary/aromatic N) is 2. The van der Waals surface area contributed by atoms with Crippen LogP contribution in [-0.2, 0) is 27.5 Å². The van der Waals surface area contributed by atoms with Gasteiger partial charge in [0, 0.05) is 18.2 Å². The molecule has 2 heterocycles. The lowest BCUT2D eigenvalue weighted by Crippen LogP contribution is -2.39. The first-order valence-corrected chi connectivity index (χ1v) is 12.5. The Morgan fingerprint density at radius 1 is 0.966 bits per heavy atom. The fourth-order valence-corrected chi connectivity index (χ4v) is 7.84. The van der Waals surface area contributed by atoms with Crippen LogP contribution in [-0.4, -0.2) is 53.7 Å². The van der Waals surface area contributed by atoms with Crippen LogP contribution in [0.1, 0.15) is 17.5 Å². The van der Waals surface area contributed by atoms with E-state index >= 15 is 0 Å². The van der Waals surface area contributed by atoms with E-state index < -0.39 is 9.84 Å². The van der Waals surface area contributed by atoms with Crippen LogP contribution in [0.25, 0.3) is 0 Å². The van der Waals surface area contributed by atoms with Gasteiger partial charge in [0.15, 0.2) is 15.0 Å². The summed E-state index contributed by atoms with van der Waals surface area (Å²) < 4.78 is 24.2. The van der Waals surface area contributed by atoms with Gasteiger partial charge in [-0.1, -0.05) is 72.4 Å². The average molecular weight is 429 g/mol. The molecule has 0 bridgehead atoms. The maximum atomic E-state index is 12.5. The average Bonchev–Trinajstić information content (AvgIpc) is 3.17. The number of aliphatic imine (C=N–C) groups is 1. The second kappa shape index (κ2) is 8.71. The van der Waals surface area contributed by atoms with Gasteiger partial charge in [-0.2, -0.15) is 4.99 Å². The van der Waals surface area contributed by atoms with Gasteiger partial charge in [-0.3, -0.25) is 4.79 Å². The first-order valence-electron chi connectivity index (χ1n) is 9.83. The van der Waals surface area contributed by atoms with E-state index in [0.717, 1.165) is 12.0 Å². The van der Waals surface area contributed by atoms with Gasteiger partial charge in [0.2, 0.25) is 5.91 Å². The van der Waals surface area contributed by atoms with Gasteiger partial charge in [-0.25, -0.2) is 8.42 Å². The second-order valence-corrected chi connectivity index (χ2v) is 10.9. The summed E-state index contributed by atoms with van der Waals surface area (Å²) in [4.78, 5) is 18.9. The molecule has 7 heteroatoms. The molecule has 0 radical (unpaired) electrons. The maximum absolute atomic E-state index is 12.5. The molecule has 0 aliphatic carbocycles. The molecule has 2 aliphatic heterocycles. The first kappa shape index (κ1) is 20.2. The van der Waals surface area contributed by atoms with E-state index in [-0.39, 0.29) is 28.7 Å². The van der Waals surface area contributed by atoms with Crippen molar-refractivity contribution in [1.29, 1.82) is 0 Å². The number of hydrogen-bond donors (Lipinski definition) is 0. The first-order chi connectivity index (χ1) is 14.0. The zero-order chi connectivity index (χ0) is 20.3. The van der Waals surface area contributed by atoms with Crippen molar-refractivity contribution in [3.05, 3.63) is 71.8 Å². The molecule has 5 nitrogen and oxygen atoms in total. The Kier molecular flexibility index (Phi) is 6.06. The molecule has 2 fully saturated rings. The van der Waals surface area contributed by atoms with E-state index in [9.17, 15) is 13.2 Å². The Morgan fingerprint density at radius 2 is 1.59 bits per heavy atom. The highest BCUT2D eigenvalue weighted by molar-refractivity contribution is 8.15. The maximum Gasteiger partial charge on any atom is 0.248 e. The van der Waals surface area contributed by atoms with Crippen molar-refractivity contribution in [2.45, 2.75) is 30.6 Å². The number of rotatable bonds is 6. The molecule has 2 aromatic rings. The van der Waals surface area contributed by atoms with Gasteiger partial charge in [0.25, 0.3) is 0 Å². The predicted octanol–water partition coefficient (Wildman–Crippen LogP) is 2.96. The van der Waals surface area contributed by atoms with E-state index in [4.69, 9.17) is 0 Å². The molecule has 2 atom stereocenters. The molecular weight excluding hydrogens is 404 g/mol. The van der Waals surface area contributed by atoms with Crippen molar-refractivity contribution < 1.29 is 13.2 Å². The fourth-order valence-electron chi connectivity index (χ4n) is 3.85. The van der Waals surface area contributed by atoms with Crippen LogP contribution in [0, 0.1) is 0 Å². The predicted molar refractivity (Wildman–Crippen MR) is 118 cm³/mol. The molecule has 1 amide bonds. The number of hydrogen-bond acceptors (Lipinski definition) is 4. The van der Waals surface area contributed by atoms with Crippen LogP contribution in [0.15, 0.2) is 65.7 Å². The zero-order valence-corrected chi connectivity index (χ0v) is 17.7. The lowest BCUT2D eigenvalue weighted by molar-refractivity contribution is -0.117. The van der Waals surface area contributed by atoms with Gasteiger partial charge in [0.1, 0.15) is 0 Å². The minimum Gasteiger partial charge on any atom is -0.346 e. The van der Waals surface area contributed by atoms with Crippen LogP contribution >= 0.6 is 11.8 Å². The highest BCUT2D eigenvalue weighted by Crippen LogP contribution is 2.38. The Labute approximate surface area is 176 Å². The van der Waals surface area contributed by atoms with E-state index in [1.165, 1.54) is 17.3 Å². The highest BCUT2D eigenvalue weighted by atomic mass is 32.2. The molecule has 2 aliphatic rings. The third-order valence-electron chi connectivity index (χ3n) is 5.35. The number of fused-ring (bicyclic) bond motifs is 1. The lowest BCUT2D eigenvalue weighted by Gasteiger charge is -2.24. The summed E-state index contributed by atoms with van der Waals surface area (Å²) in [6, 6.07) is 19.9. The molecule has 0 spiro atoms. The van der Waals surface area contributed by atoms with Crippen molar-refractivity contribution in [1.82, 2.24) is 4.90 Å². The number of thioether (sulfide) groups is 1. The van der Waals surface area contributed by atoms with E-state index in [0.29, 0.717) is 24.6 Å². The van der Waals surface area contributed by atoms with Crippen LogP contribution in [0.5, 0.6) is 0 Å². The van der Waals surface area contributed by atoms with E-state index in [2.05, 4.69) is 17.1 Å². The summed E-state index contributed by atoms with van der Waals surface area (Å²) in [6.07, 6.45) is 1.81. The topological polar surface area (TPSA) is 66.8 Å². The quantitative estimate of drug-likeness (QED) is 0.708. The van der Waals surface area contributed by atoms with Crippen molar-refractivity contribution >= 4 is 32.7 Å². The molecule has 2 unspecified atom stereocenters. The van der Waals surface area contributed by atoms with E-state index in [1.54, 1.807) is 0 Å². The van der Waals surface area contributed by atoms with Crippen molar-refractivity contribution in [2.24, 2.45) is 4.99 Å². The summed E-state index contributed by atoms with van der Waals surface area (Å²) in [6.45, 7) is 0.665. The summed E-state index contributed by atoms with van der Waals surface area (Å²) in [5.74, 6) is 0.168. The van der Waals surface area contributed by atoms with Crippen LogP contribution in [0.3, 0.4) is 0 Å². The van der Waals surface area contributed by atoms with Crippen LogP contribution in [0.2, 0.25) is 0 Å². The second-order valence-electron chi connectivity index (χ2n) is 7.50. The Hall–Kier alpha value is -2.12. The smallest absolute Gasteiger partial charge is 0.248 e. The Balaban J connectivity index is 1.46. The zero-order valence-electron chi connectivity index (χ0n) is 16.1. The molecular formula is C22H24N2O3S2. The minimum absolute atomic E-state index is 0.0311. The standard InChI is InChI=1S/C22H24N2O3S2/c25-21(12-11-17-7-3-1-4-8-17)23-22-24(14-13-18-9-5-2-6-10-18)19-15-29(26,27)16-20(19)28-22/h1-10,19-20H,11-16H2. The molecule has 29 heavy (non-hydrogen) atoms. The molecule has 4 rings (SSSR count). The largest absolute Gasteiger partial charge is 0.346 e. The molecule has 152 valence electrons. The highest BCUT2D eigenvalue weighted by Gasteiger charge is 2.48. The van der Waals surface area contributed by atoms with Gasteiger partial charge in [-0.15, -0.1) is 0 Å². The molecule has 0 aromatic heterocycles. The van der Waals surface area contributed by atoms with Crippen molar-refractivity contribution in [3.63, 3.8) is 0 Å². The number of benzene rings is 2. The number of amidine groups is 1. The fraction of sp³-hybridized carbons (Fsp3) is 0.364. The number of carbonyl (C=O) groups is 1. The summed E-state index contributed by atoms with van der Waals surface area (Å²) in [5, 5.41) is 0.653. The van der Waals surface area contributed by atoms with Gasteiger partial charge in [-0.05, 0) is 24.0 Å². The number of sulfone groups is 1. The molecule has 2 saturated heterocycles. The van der Waals surface area contributed by atoms with Crippen LogP contribution < -0.4 is 0 Å². The molecule has 0 N–H and O–H groups in total. The van der Waals surface area contributed by atoms with Crippen molar-refractivity contribution in [2.75, 3.05) is 18.1 Å². The number of amides is 1. The number of aryl methyl sites for hydroxylation is 1. The number of carbonyl (C=O) groups excluding carboxylic acids is 1. The third kappa shape index (κ3) is 5.08.